The van der Waals surface area contributed by atoms with E-state index in [1.54, 1.807) is 29.3 Å². The molecule has 1 saturated heterocycles. The van der Waals surface area contributed by atoms with Crippen LogP contribution in [-0.4, -0.2) is 69.6 Å². The number of rotatable bonds is 4. The molecule has 1 aromatic carbocycles. The Labute approximate surface area is 166 Å². The van der Waals surface area contributed by atoms with E-state index in [0.717, 1.165) is 5.69 Å². The summed E-state index contributed by atoms with van der Waals surface area (Å²) in [7, 11) is 3.72. The summed E-state index contributed by atoms with van der Waals surface area (Å²) in [4.78, 5) is 26.4. The second-order valence-corrected chi connectivity index (χ2v) is 6.78. The number of aromatic nitrogens is 5. The Morgan fingerprint density at radius 3 is 2.79 bits per heavy atom. The van der Waals surface area contributed by atoms with Crippen LogP contribution >= 0.6 is 0 Å². The Balaban J connectivity index is 1.49. The lowest BCUT2D eigenvalue weighted by Gasteiger charge is -2.32. The van der Waals surface area contributed by atoms with Gasteiger partial charge >= 0.3 is 0 Å². The van der Waals surface area contributed by atoms with Crippen LogP contribution in [0, 0.1) is 5.82 Å². The number of carbonyl (C=O) groups is 1. The summed E-state index contributed by atoms with van der Waals surface area (Å²) in [6.45, 7) is 1.19. The van der Waals surface area contributed by atoms with Crippen molar-refractivity contribution in [1.82, 2.24) is 29.9 Å². The van der Waals surface area contributed by atoms with Gasteiger partial charge < -0.3 is 14.5 Å². The average molecular weight is 397 g/mol. The molecule has 1 aliphatic heterocycles. The third-order valence-electron chi connectivity index (χ3n) is 4.52. The smallest absolute Gasteiger partial charge is 0.276 e. The molecule has 0 spiro atoms. The predicted octanol–water partition coefficient (Wildman–Crippen LogP) is 1.48. The van der Waals surface area contributed by atoms with Crippen molar-refractivity contribution in [2.45, 2.75) is 6.10 Å². The summed E-state index contributed by atoms with van der Waals surface area (Å²) in [6.07, 6.45) is 2.74. The van der Waals surface area contributed by atoms with Gasteiger partial charge in [0.25, 0.3) is 5.91 Å². The lowest BCUT2D eigenvalue weighted by Crippen LogP contribution is -2.42. The van der Waals surface area contributed by atoms with Gasteiger partial charge in [-0.3, -0.25) is 4.79 Å². The van der Waals surface area contributed by atoms with Crippen LogP contribution in [0.15, 0.2) is 42.7 Å². The second kappa shape index (κ2) is 7.92. The third kappa shape index (κ3) is 4.06. The highest BCUT2D eigenvalue weighted by molar-refractivity contribution is 5.92. The molecule has 0 saturated carbocycles. The molecule has 1 aliphatic rings. The molecule has 10 heteroatoms. The van der Waals surface area contributed by atoms with Crippen LogP contribution in [0.1, 0.15) is 22.3 Å². The molecule has 1 amide bonds. The number of hydrogen-bond donors (Lipinski definition) is 0. The Kier molecular flexibility index (Phi) is 5.17. The zero-order valence-electron chi connectivity index (χ0n) is 16.1. The number of morpholine rings is 1. The zero-order chi connectivity index (χ0) is 20.4. The first-order valence-corrected chi connectivity index (χ1v) is 9.10. The van der Waals surface area contributed by atoms with Crippen molar-refractivity contribution in [2.24, 2.45) is 0 Å². The molecule has 3 aromatic rings. The maximum absolute atomic E-state index is 13.1. The molecule has 4 rings (SSSR count). The number of hydrogen-bond acceptors (Lipinski definition) is 7. The number of ether oxygens (including phenoxy) is 1. The van der Waals surface area contributed by atoms with E-state index in [2.05, 4.69) is 20.2 Å². The van der Waals surface area contributed by atoms with Gasteiger partial charge in [-0.25, -0.2) is 14.4 Å². The minimum atomic E-state index is -0.348. The van der Waals surface area contributed by atoms with Crippen LogP contribution in [0.2, 0.25) is 0 Å². The molecule has 150 valence electrons. The molecular formula is C19H20FN7O2. The summed E-state index contributed by atoms with van der Waals surface area (Å²) in [5.74, 6) is -0.0101. The fraction of sp³-hybridized carbons (Fsp3) is 0.316. The lowest BCUT2D eigenvalue weighted by atomic mass is 10.2. The fourth-order valence-corrected chi connectivity index (χ4v) is 2.99. The Hall–Kier alpha value is -3.40. The Morgan fingerprint density at radius 1 is 1.24 bits per heavy atom. The van der Waals surface area contributed by atoms with E-state index in [1.165, 1.54) is 23.1 Å². The molecular weight excluding hydrogens is 377 g/mol. The number of halogens is 1. The number of amides is 1. The molecule has 0 N–H and O–H groups in total. The molecule has 1 atom stereocenters. The summed E-state index contributed by atoms with van der Waals surface area (Å²) >= 11 is 0. The van der Waals surface area contributed by atoms with Crippen LogP contribution < -0.4 is 4.90 Å². The van der Waals surface area contributed by atoms with E-state index in [1.807, 2.05) is 19.0 Å². The van der Waals surface area contributed by atoms with E-state index < -0.39 is 0 Å². The van der Waals surface area contributed by atoms with Gasteiger partial charge in [0, 0.05) is 26.8 Å². The fourth-order valence-electron chi connectivity index (χ4n) is 2.99. The maximum atomic E-state index is 13.1. The number of carbonyl (C=O) groups excluding carboxylic acids is 1. The van der Waals surface area contributed by atoms with Gasteiger partial charge in [-0.15, -0.1) is 5.10 Å². The summed E-state index contributed by atoms with van der Waals surface area (Å²) in [5, 5.41) is 8.36. The van der Waals surface area contributed by atoms with Crippen LogP contribution in [0.5, 0.6) is 0 Å². The largest absolute Gasteiger partial charge is 0.368 e. The monoisotopic (exact) mass is 397 g/mol. The van der Waals surface area contributed by atoms with Crippen LogP contribution in [0.25, 0.3) is 5.69 Å². The van der Waals surface area contributed by atoms with Crippen molar-refractivity contribution in [2.75, 3.05) is 38.7 Å². The minimum absolute atomic E-state index is 0.214. The molecule has 1 fully saturated rings. The zero-order valence-corrected chi connectivity index (χ0v) is 16.1. The van der Waals surface area contributed by atoms with Gasteiger partial charge in [0.15, 0.2) is 5.69 Å². The average Bonchev–Trinajstić information content (AvgIpc) is 3.24. The van der Waals surface area contributed by atoms with Crippen molar-refractivity contribution in [1.29, 1.82) is 0 Å². The van der Waals surface area contributed by atoms with Gasteiger partial charge in [-0.05, 0) is 30.3 Å². The highest BCUT2D eigenvalue weighted by atomic mass is 19.1. The van der Waals surface area contributed by atoms with Crippen molar-refractivity contribution < 1.29 is 13.9 Å². The second-order valence-electron chi connectivity index (χ2n) is 6.78. The van der Waals surface area contributed by atoms with Crippen molar-refractivity contribution >= 4 is 11.9 Å². The number of nitrogens with zero attached hydrogens (tertiary/aromatic N) is 7. The summed E-state index contributed by atoms with van der Waals surface area (Å²) < 4.78 is 18.9. The predicted molar refractivity (Wildman–Crippen MR) is 102 cm³/mol. The third-order valence-corrected chi connectivity index (χ3v) is 4.52. The summed E-state index contributed by atoms with van der Waals surface area (Å²) in [6, 6.07) is 7.51. The first-order chi connectivity index (χ1) is 14.0. The molecule has 3 heterocycles. The first-order valence-electron chi connectivity index (χ1n) is 9.10. The molecule has 2 aromatic heterocycles. The maximum Gasteiger partial charge on any atom is 0.276 e. The molecule has 9 nitrogen and oxygen atoms in total. The van der Waals surface area contributed by atoms with Gasteiger partial charge in [-0.2, -0.15) is 9.90 Å². The van der Waals surface area contributed by atoms with Crippen molar-refractivity contribution in [3.63, 3.8) is 0 Å². The van der Waals surface area contributed by atoms with Crippen LogP contribution in [-0.2, 0) is 4.74 Å². The van der Waals surface area contributed by atoms with E-state index >= 15 is 0 Å². The highest BCUT2D eigenvalue weighted by Gasteiger charge is 2.28. The number of benzene rings is 1. The molecule has 29 heavy (non-hydrogen) atoms. The Bertz CT molecular complexity index is 1010. The van der Waals surface area contributed by atoms with Crippen molar-refractivity contribution in [3.05, 3.63) is 59.9 Å². The van der Waals surface area contributed by atoms with Crippen LogP contribution in [0.3, 0.4) is 0 Å². The molecule has 1 unspecified atom stereocenters. The highest BCUT2D eigenvalue weighted by Crippen LogP contribution is 2.22. The van der Waals surface area contributed by atoms with Gasteiger partial charge in [0.1, 0.15) is 11.9 Å². The lowest BCUT2D eigenvalue weighted by molar-refractivity contribution is -0.0249. The van der Waals surface area contributed by atoms with E-state index in [-0.39, 0.29) is 23.5 Å². The standard InChI is InChI=1S/C19H20FN7O2/c1-25(2)19-21-8-7-15(23-19)17-12-26(9-10-29-17)18(28)16-11-22-27(24-16)14-5-3-13(20)4-6-14/h3-8,11,17H,9-10,12H2,1-2H3. The minimum Gasteiger partial charge on any atom is -0.368 e. The van der Waals surface area contributed by atoms with E-state index in [4.69, 9.17) is 4.74 Å². The number of anilines is 1. The van der Waals surface area contributed by atoms with Gasteiger partial charge in [-0.1, -0.05) is 0 Å². The Morgan fingerprint density at radius 2 is 2.03 bits per heavy atom. The summed E-state index contributed by atoms with van der Waals surface area (Å²) in [5.41, 5.74) is 1.50. The quantitative estimate of drug-likeness (QED) is 0.659. The molecule has 0 aliphatic carbocycles. The van der Waals surface area contributed by atoms with Crippen molar-refractivity contribution in [3.8, 4) is 5.69 Å². The van der Waals surface area contributed by atoms with E-state index in [9.17, 15) is 9.18 Å². The van der Waals surface area contributed by atoms with E-state index in [0.29, 0.717) is 31.3 Å². The molecule has 0 radical (unpaired) electrons. The SMILES string of the molecule is CN(C)c1nccc(C2CN(C(=O)c3cnn(-c4ccc(F)cc4)n3)CCO2)n1. The van der Waals surface area contributed by atoms with Crippen LogP contribution in [0.4, 0.5) is 10.3 Å². The topological polar surface area (TPSA) is 89.3 Å². The van der Waals surface area contributed by atoms with Gasteiger partial charge in [0.2, 0.25) is 5.95 Å². The molecule has 0 bridgehead atoms. The van der Waals surface area contributed by atoms with Gasteiger partial charge in [0.05, 0.1) is 30.7 Å². The normalized spacial score (nSPS) is 16.7. The first kappa shape index (κ1) is 18.9.